The van der Waals surface area contributed by atoms with Gasteiger partial charge in [-0.15, -0.1) is 0 Å². The second-order valence-electron chi connectivity index (χ2n) is 7.19. The molecule has 1 aliphatic carbocycles. The molecule has 124 valence electrons. The van der Waals surface area contributed by atoms with Crippen LogP contribution in [-0.4, -0.2) is 72.3 Å². The highest BCUT2D eigenvalue weighted by Crippen LogP contribution is 2.28. The van der Waals surface area contributed by atoms with Gasteiger partial charge in [0.15, 0.2) is 0 Å². The van der Waals surface area contributed by atoms with Gasteiger partial charge in [0.25, 0.3) is 0 Å². The van der Waals surface area contributed by atoms with Gasteiger partial charge in [-0.3, -0.25) is 9.59 Å². The number of carbonyl (C=O) groups excluding carboxylic acids is 2. The van der Waals surface area contributed by atoms with Crippen LogP contribution < -0.4 is 0 Å². The van der Waals surface area contributed by atoms with Gasteiger partial charge in [-0.1, -0.05) is 13.3 Å². The van der Waals surface area contributed by atoms with Crippen molar-refractivity contribution in [1.82, 2.24) is 14.7 Å². The molecule has 2 amide bonds. The van der Waals surface area contributed by atoms with Crippen molar-refractivity contribution in [2.45, 2.75) is 39.0 Å². The molecule has 3 rings (SSSR count). The minimum atomic E-state index is 0.0759. The third kappa shape index (κ3) is 3.45. The van der Waals surface area contributed by atoms with Crippen molar-refractivity contribution in [3.63, 3.8) is 0 Å². The van der Waals surface area contributed by atoms with E-state index in [9.17, 15) is 9.59 Å². The van der Waals surface area contributed by atoms with Crippen molar-refractivity contribution in [2.75, 3.05) is 45.8 Å². The van der Waals surface area contributed by atoms with Crippen LogP contribution >= 0.6 is 0 Å². The Kier molecular flexibility index (Phi) is 5.01. The zero-order chi connectivity index (χ0) is 15.5. The van der Waals surface area contributed by atoms with Crippen LogP contribution in [0.4, 0.5) is 0 Å². The predicted octanol–water partition coefficient (Wildman–Crippen LogP) is 1.19. The van der Waals surface area contributed by atoms with E-state index in [-0.39, 0.29) is 17.7 Å². The Morgan fingerprint density at radius 3 is 2.05 bits per heavy atom. The quantitative estimate of drug-likeness (QED) is 0.783. The summed E-state index contributed by atoms with van der Waals surface area (Å²) in [7, 11) is 0. The molecule has 5 nitrogen and oxygen atoms in total. The Hall–Kier alpha value is -1.10. The van der Waals surface area contributed by atoms with E-state index < -0.39 is 0 Å². The lowest BCUT2D eigenvalue weighted by Gasteiger charge is -2.39. The third-order valence-electron chi connectivity index (χ3n) is 5.51. The monoisotopic (exact) mass is 307 g/mol. The first-order valence-electron chi connectivity index (χ1n) is 8.95. The minimum Gasteiger partial charge on any atom is -0.339 e. The number of hydrogen-bond acceptors (Lipinski definition) is 3. The number of nitrogens with zero attached hydrogens (tertiary/aromatic N) is 3. The SMILES string of the molecule is C[C@@H](CN1CCCC1)C(=O)N1CCN(C(=O)C2CCC2)CC1. The van der Waals surface area contributed by atoms with Crippen LogP contribution in [-0.2, 0) is 9.59 Å². The molecule has 0 N–H and O–H groups in total. The topological polar surface area (TPSA) is 43.9 Å². The van der Waals surface area contributed by atoms with Gasteiger partial charge in [0.05, 0.1) is 0 Å². The van der Waals surface area contributed by atoms with Gasteiger partial charge in [-0.05, 0) is 38.8 Å². The molecule has 3 fully saturated rings. The van der Waals surface area contributed by atoms with Crippen LogP contribution in [0.25, 0.3) is 0 Å². The number of rotatable bonds is 4. The molecule has 5 heteroatoms. The number of hydrogen-bond donors (Lipinski definition) is 0. The molecular weight excluding hydrogens is 278 g/mol. The lowest BCUT2D eigenvalue weighted by molar-refractivity contribution is -0.145. The van der Waals surface area contributed by atoms with Gasteiger partial charge in [0.1, 0.15) is 0 Å². The third-order valence-corrected chi connectivity index (χ3v) is 5.51. The molecule has 2 saturated heterocycles. The fraction of sp³-hybridized carbons (Fsp3) is 0.882. The molecule has 0 aromatic carbocycles. The fourth-order valence-electron chi connectivity index (χ4n) is 3.80. The summed E-state index contributed by atoms with van der Waals surface area (Å²) in [4.78, 5) is 31.1. The van der Waals surface area contributed by atoms with Crippen molar-refractivity contribution < 1.29 is 9.59 Å². The van der Waals surface area contributed by atoms with Crippen LogP contribution in [0, 0.1) is 11.8 Å². The number of amides is 2. The van der Waals surface area contributed by atoms with E-state index in [0.29, 0.717) is 19.0 Å². The maximum absolute atomic E-state index is 12.6. The molecular formula is C17H29N3O2. The maximum atomic E-state index is 12.6. The average molecular weight is 307 g/mol. The largest absolute Gasteiger partial charge is 0.339 e. The van der Waals surface area contributed by atoms with Crippen molar-refractivity contribution in [3.8, 4) is 0 Å². The summed E-state index contributed by atoms with van der Waals surface area (Å²) in [5.41, 5.74) is 0. The average Bonchev–Trinajstić information content (AvgIpc) is 2.97. The first-order chi connectivity index (χ1) is 10.6. The van der Waals surface area contributed by atoms with Gasteiger partial charge in [-0.2, -0.15) is 0 Å². The smallest absolute Gasteiger partial charge is 0.226 e. The first-order valence-corrected chi connectivity index (χ1v) is 8.95. The molecule has 1 saturated carbocycles. The van der Waals surface area contributed by atoms with Crippen LogP contribution in [0.5, 0.6) is 0 Å². The van der Waals surface area contributed by atoms with Gasteiger partial charge in [0, 0.05) is 44.6 Å². The van der Waals surface area contributed by atoms with Crippen molar-refractivity contribution in [2.24, 2.45) is 11.8 Å². The van der Waals surface area contributed by atoms with Crippen LogP contribution in [0.1, 0.15) is 39.0 Å². The molecule has 0 unspecified atom stereocenters. The van der Waals surface area contributed by atoms with Gasteiger partial charge in [-0.25, -0.2) is 0 Å². The molecule has 0 aromatic rings. The standard InChI is InChI=1S/C17H29N3O2/c1-14(13-18-7-2-3-8-18)16(21)19-9-11-20(12-10-19)17(22)15-5-4-6-15/h14-15H,2-13H2,1H3/t14-/m0/s1. The van der Waals surface area contributed by atoms with Crippen molar-refractivity contribution in [3.05, 3.63) is 0 Å². The van der Waals surface area contributed by atoms with Crippen LogP contribution in [0.3, 0.4) is 0 Å². The molecule has 0 bridgehead atoms. The highest BCUT2D eigenvalue weighted by molar-refractivity contribution is 5.81. The molecule has 0 spiro atoms. The molecule has 3 aliphatic rings. The van der Waals surface area contributed by atoms with Gasteiger partial charge < -0.3 is 14.7 Å². The summed E-state index contributed by atoms with van der Waals surface area (Å²) in [5, 5.41) is 0. The zero-order valence-corrected chi connectivity index (χ0v) is 13.8. The van der Waals surface area contributed by atoms with E-state index in [0.717, 1.165) is 45.6 Å². The summed E-state index contributed by atoms with van der Waals surface area (Å²) in [6.45, 7) is 8.08. The number of likely N-dealkylation sites (tertiary alicyclic amines) is 1. The fourth-order valence-corrected chi connectivity index (χ4v) is 3.80. The highest BCUT2D eigenvalue weighted by atomic mass is 16.2. The van der Waals surface area contributed by atoms with E-state index in [1.54, 1.807) is 0 Å². The van der Waals surface area contributed by atoms with Crippen molar-refractivity contribution >= 4 is 11.8 Å². The van der Waals surface area contributed by atoms with E-state index in [2.05, 4.69) is 4.90 Å². The zero-order valence-electron chi connectivity index (χ0n) is 13.8. The number of carbonyl (C=O) groups is 2. The van der Waals surface area contributed by atoms with Gasteiger partial charge in [0.2, 0.25) is 11.8 Å². The Morgan fingerprint density at radius 1 is 0.909 bits per heavy atom. The Labute approximate surface area is 133 Å². The Morgan fingerprint density at radius 2 is 1.50 bits per heavy atom. The summed E-state index contributed by atoms with van der Waals surface area (Å²) < 4.78 is 0. The first kappa shape index (κ1) is 15.8. The lowest BCUT2D eigenvalue weighted by Crippen LogP contribution is -2.54. The molecule has 2 aliphatic heterocycles. The summed E-state index contributed by atoms with van der Waals surface area (Å²) >= 11 is 0. The summed E-state index contributed by atoms with van der Waals surface area (Å²) in [5.74, 6) is 0.939. The van der Waals surface area contributed by atoms with E-state index in [1.807, 2.05) is 16.7 Å². The summed E-state index contributed by atoms with van der Waals surface area (Å²) in [6, 6.07) is 0. The van der Waals surface area contributed by atoms with E-state index in [4.69, 9.17) is 0 Å². The molecule has 2 heterocycles. The van der Waals surface area contributed by atoms with Crippen molar-refractivity contribution in [1.29, 1.82) is 0 Å². The molecule has 22 heavy (non-hydrogen) atoms. The molecule has 0 aromatic heterocycles. The maximum Gasteiger partial charge on any atom is 0.226 e. The molecule has 0 radical (unpaired) electrons. The van der Waals surface area contributed by atoms with Crippen LogP contribution in [0.2, 0.25) is 0 Å². The molecule has 1 atom stereocenters. The Bertz CT molecular complexity index is 408. The van der Waals surface area contributed by atoms with E-state index in [1.165, 1.54) is 19.3 Å². The lowest BCUT2D eigenvalue weighted by atomic mass is 9.84. The number of piperazine rings is 1. The summed E-state index contributed by atoms with van der Waals surface area (Å²) in [6.07, 6.45) is 5.85. The second kappa shape index (κ2) is 6.99. The van der Waals surface area contributed by atoms with Gasteiger partial charge >= 0.3 is 0 Å². The minimum absolute atomic E-state index is 0.0759. The Balaban J connectivity index is 1.43. The van der Waals surface area contributed by atoms with E-state index >= 15 is 0 Å². The second-order valence-corrected chi connectivity index (χ2v) is 7.19. The predicted molar refractivity (Wildman–Crippen MR) is 85.3 cm³/mol. The van der Waals surface area contributed by atoms with Crippen LogP contribution in [0.15, 0.2) is 0 Å². The highest BCUT2D eigenvalue weighted by Gasteiger charge is 2.33. The normalized spacial score (nSPS) is 25.1.